The molecule has 26 heavy (non-hydrogen) atoms. The lowest BCUT2D eigenvalue weighted by atomic mass is 9.80. The maximum Gasteiger partial charge on any atom is 0.488 e. The van der Waals surface area contributed by atoms with E-state index < -0.39 is 25.2 Å². The maximum absolute atomic E-state index is 11.9. The minimum absolute atomic E-state index is 0.0649. The van der Waals surface area contributed by atoms with E-state index in [2.05, 4.69) is 5.32 Å². The Labute approximate surface area is 150 Å². The Morgan fingerprint density at radius 3 is 2.50 bits per heavy atom. The van der Waals surface area contributed by atoms with Gasteiger partial charge in [0.25, 0.3) is 11.8 Å². The van der Waals surface area contributed by atoms with Crippen LogP contribution in [0.2, 0.25) is 0 Å². The molecule has 1 atom stereocenters. The second kappa shape index (κ2) is 9.32. The Morgan fingerprint density at radius 2 is 1.92 bits per heavy atom. The van der Waals surface area contributed by atoms with E-state index >= 15 is 0 Å². The average Bonchev–Trinajstić information content (AvgIpc) is 2.93. The normalized spacial score (nSPS) is 16.5. The molecule has 1 aromatic rings. The summed E-state index contributed by atoms with van der Waals surface area (Å²) >= 11 is 0. The standard InChI is InChI=1S/C16H21BN2O7/c20-13-8-9-14(21)19(13)26-15(22)3-1-2-10-18-16(23)11-4-6-12(7-5-11)17(24)25/h4-7,13,20,24-25H,1-3,8-10H2,(H,18,23). The fourth-order valence-corrected chi connectivity index (χ4v) is 2.42. The van der Waals surface area contributed by atoms with Crippen molar-refractivity contribution in [1.82, 2.24) is 10.4 Å². The number of aliphatic hydroxyl groups excluding tert-OH is 1. The van der Waals surface area contributed by atoms with Gasteiger partial charge in [-0.25, -0.2) is 4.79 Å². The van der Waals surface area contributed by atoms with Crippen molar-refractivity contribution in [3.05, 3.63) is 29.8 Å². The molecule has 1 aromatic carbocycles. The van der Waals surface area contributed by atoms with Crippen molar-refractivity contribution in [2.75, 3.05) is 6.54 Å². The highest BCUT2D eigenvalue weighted by atomic mass is 16.7. The first-order valence-corrected chi connectivity index (χ1v) is 8.33. The van der Waals surface area contributed by atoms with Gasteiger partial charge in [-0.05, 0) is 30.4 Å². The minimum Gasteiger partial charge on any atom is -0.423 e. The van der Waals surface area contributed by atoms with Crippen LogP contribution >= 0.6 is 0 Å². The van der Waals surface area contributed by atoms with Crippen LogP contribution in [0.3, 0.4) is 0 Å². The molecule has 2 rings (SSSR count). The first-order valence-electron chi connectivity index (χ1n) is 8.33. The van der Waals surface area contributed by atoms with Gasteiger partial charge in [0, 0.05) is 31.4 Å². The van der Waals surface area contributed by atoms with Crippen LogP contribution in [0.5, 0.6) is 0 Å². The summed E-state index contributed by atoms with van der Waals surface area (Å²) in [7, 11) is -1.58. The first-order chi connectivity index (χ1) is 12.4. The van der Waals surface area contributed by atoms with E-state index in [1.54, 1.807) is 0 Å². The lowest BCUT2D eigenvalue weighted by molar-refractivity contribution is -0.220. The summed E-state index contributed by atoms with van der Waals surface area (Å²) < 4.78 is 0. The molecule has 0 aromatic heterocycles. The third-order valence-electron chi connectivity index (χ3n) is 3.90. The molecule has 0 saturated carbocycles. The quantitative estimate of drug-likeness (QED) is 0.331. The summed E-state index contributed by atoms with van der Waals surface area (Å²) in [6.45, 7) is 0.349. The fourth-order valence-electron chi connectivity index (χ4n) is 2.42. The average molecular weight is 364 g/mol. The molecule has 1 aliphatic rings. The molecule has 1 unspecified atom stereocenters. The highest BCUT2D eigenvalue weighted by Gasteiger charge is 2.32. The van der Waals surface area contributed by atoms with Gasteiger partial charge >= 0.3 is 13.1 Å². The van der Waals surface area contributed by atoms with Gasteiger partial charge in [-0.2, -0.15) is 0 Å². The molecule has 0 bridgehead atoms. The van der Waals surface area contributed by atoms with Crippen molar-refractivity contribution < 1.29 is 34.4 Å². The lowest BCUT2D eigenvalue weighted by Gasteiger charge is -2.18. The molecule has 1 saturated heterocycles. The molecule has 1 aliphatic heterocycles. The summed E-state index contributed by atoms with van der Waals surface area (Å²) in [6.07, 6.45) is 0.367. The third-order valence-corrected chi connectivity index (χ3v) is 3.90. The SMILES string of the molecule is O=C(CCCCNC(=O)c1ccc(B(O)O)cc1)ON1C(=O)CCC1O. The van der Waals surface area contributed by atoms with Crippen molar-refractivity contribution in [2.45, 2.75) is 38.3 Å². The second-order valence-corrected chi connectivity index (χ2v) is 5.91. The Morgan fingerprint density at radius 1 is 1.23 bits per heavy atom. The van der Waals surface area contributed by atoms with Crippen molar-refractivity contribution in [3.8, 4) is 0 Å². The molecule has 10 heteroatoms. The number of carbonyl (C=O) groups is 3. The van der Waals surface area contributed by atoms with Crippen LogP contribution in [0.15, 0.2) is 24.3 Å². The van der Waals surface area contributed by atoms with E-state index in [4.69, 9.17) is 14.9 Å². The molecule has 140 valence electrons. The number of nitrogens with one attached hydrogen (secondary N) is 1. The molecule has 2 amide bonds. The van der Waals surface area contributed by atoms with Crippen LogP contribution in [-0.2, 0) is 14.4 Å². The summed E-state index contributed by atoms with van der Waals surface area (Å²) in [4.78, 5) is 39.8. The molecule has 1 heterocycles. The number of hydrogen-bond donors (Lipinski definition) is 4. The second-order valence-electron chi connectivity index (χ2n) is 5.91. The zero-order chi connectivity index (χ0) is 19.1. The Hall–Kier alpha value is -2.43. The van der Waals surface area contributed by atoms with Gasteiger partial charge in [0.1, 0.15) is 0 Å². The van der Waals surface area contributed by atoms with Crippen molar-refractivity contribution >= 4 is 30.4 Å². The van der Waals surface area contributed by atoms with Gasteiger partial charge < -0.3 is 25.3 Å². The highest BCUT2D eigenvalue weighted by molar-refractivity contribution is 6.58. The van der Waals surface area contributed by atoms with Crippen molar-refractivity contribution in [1.29, 1.82) is 0 Å². The van der Waals surface area contributed by atoms with Gasteiger partial charge in [-0.3, -0.25) is 9.59 Å². The smallest absolute Gasteiger partial charge is 0.423 e. The number of rotatable bonds is 8. The van der Waals surface area contributed by atoms with E-state index in [-0.39, 0.29) is 25.2 Å². The van der Waals surface area contributed by atoms with Gasteiger partial charge in [0.2, 0.25) is 0 Å². The number of unbranched alkanes of at least 4 members (excludes halogenated alkanes) is 1. The van der Waals surface area contributed by atoms with E-state index in [0.29, 0.717) is 35.5 Å². The first kappa shape index (κ1) is 19.9. The minimum atomic E-state index is -1.58. The van der Waals surface area contributed by atoms with Crippen LogP contribution < -0.4 is 10.8 Å². The Kier molecular flexibility index (Phi) is 7.13. The summed E-state index contributed by atoms with van der Waals surface area (Å²) in [5, 5.41) is 30.9. The fraction of sp³-hybridized carbons (Fsp3) is 0.438. The number of hydroxylamine groups is 2. The summed E-state index contributed by atoms with van der Waals surface area (Å²) in [6, 6.07) is 5.87. The number of hydrogen-bond acceptors (Lipinski definition) is 7. The number of benzene rings is 1. The molecule has 0 aliphatic carbocycles. The lowest BCUT2D eigenvalue weighted by Crippen LogP contribution is -2.35. The van der Waals surface area contributed by atoms with Gasteiger partial charge in [0.15, 0.2) is 6.23 Å². The topological polar surface area (TPSA) is 136 Å². The maximum atomic E-state index is 11.9. The molecule has 0 spiro atoms. The monoisotopic (exact) mass is 364 g/mol. The predicted octanol–water partition coefficient (Wildman–Crippen LogP) is -1.33. The van der Waals surface area contributed by atoms with Crippen LogP contribution in [0.4, 0.5) is 0 Å². The molecular weight excluding hydrogens is 343 g/mol. The van der Waals surface area contributed by atoms with Crippen LogP contribution in [0, 0.1) is 0 Å². The number of carbonyl (C=O) groups excluding carboxylic acids is 3. The summed E-state index contributed by atoms with van der Waals surface area (Å²) in [5.74, 6) is -1.33. The molecule has 4 N–H and O–H groups in total. The third kappa shape index (κ3) is 5.55. The molecular formula is C16H21BN2O7. The van der Waals surface area contributed by atoms with E-state index in [1.807, 2.05) is 0 Å². The Bertz CT molecular complexity index is 651. The van der Waals surface area contributed by atoms with Crippen molar-refractivity contribution in [3.63, 3.8) is 0 Å². The highest BCUT2D eigenvalue weighted by Crippen LogP contribution is 2.17. The van der Waals surface area contributed by atoms with E-state index in [1.165, 1.54) is 24.3 Å². The van der Waals surface area contributed by atoms with Crippen LogP contribution in [0.1, 0.15) is 42.5 Å². The number of amides is 2. The van der Waals surface area contributed by atoms with Gasteiger partial charge in [0.05, 0.1) is 0 Å². The van der Waals surface area contributed by atoms with Crippen LogP contribution in [0.25, 0.3) is 0 Å². The van der Waals surface area contributed by atoms with Gasteiger partial charge in [-0.15, -0.1) is 5.06 Å². The molecule has 9 nitrogen and oxygen atoms in total. The van der Waals surface area contributed by atoms with E-state index in [9.17, 15) is 19.5 Å². The van der Waals surface area contributed by atoms with Crippen LogP contribution in [-0.4, -0.2) is 57.9 Å². The largest absolute Gasteiger partial charge is 0.488 e. The van der Waals surface area contributed by atoms with Gasteiger partial charge in [-0.1, -0.05) is 12.1 Å². The number of nitrogens with zero attached hydrogens (tertiary/aromatic N) is 1. The molecule has 0 radical (unpaired) electrons. The van der Waals surface area contributed by atoms with Crippen molar-refractivity contribution in [2.24, 2.45) is 0 Å². The Balaban J connectivity index is 1.63. The summed E-state index contributed by atoms with van der Waals surface area (Å²) in [5.41, 5.74) is 0.678. The number of aliphatic hydroxyl groups is 1. The molecule has 1 fully saturated rings. The zero-order valence-electron chi connectivity index (χ0n) is 14.1. The van der Waals surface area contributed by atoms with E-state index in [0.717, 1.165) is 0 Å². The predicted molar refractivity (Wildman–Crippen MR) is 90.6 cm³/mol. The zero-order valence-corrected chi connectivity index (χ0v) is 14.1.